The Morgan fingerprint density at radius 3 is 2.50 bits per heavy atom. The summed E-state index contributed by atoms with van der Waals surface area (Å²) in [6.45, 7) is 3.43. The molecule has 3 amide bonds. The molecule has 4 rings (SSSR count). The number of hydrogen-bond acceptors (Lipinski definition) is 7. The zero-order valence-electron chi connectivity index (χ0n) is 19.6. The molecule has 11 heteroatoms. The topological polar surface area (TPSA) is 153 Å². The molecular weight excluding hydrogens is 466 g/mol. The second-order valence-electron chi connectivity index (χ2n) is 8.50. The van der Waals surface area contributed by atoms with E-state index in [0.29, 0.717) is 29.8 Å². The molecule has 1 atom stereocenters. The van der Waals surface area contributed by atoms with Crippen molar-refractivity contribution < 1.29 is 19.3 Å². The fraction of sp³-hybridized carbons (Fsp3) is 0.240. The zero-order valence-corrected chi connectivity index (χ0v) is 19.6. The highest BCUT2D eigenvalue weighted by Crippen LogP contribution is 2.36. The average Bonchev–Trinajstić information content (AvgIpc) is 2.85. The van der Waals surface area contributed by atoms with E-state index in [9.17, 15) is 29.3 Å². The van der Waals surface area contributed by atoms with E-state index >= 15 is 0 Å². The van der Waals surface area contributed by atoms with Crippen LogP contribution < -0.4 is 16.1 Å². The van der Waals surface area contributed by atoms with Crippen molar-refractivity contribution in [2.45, 2.75) is 38.5 Å². The minimum atomic E-state index is -0.840. The summed E-state index contributed by atoms with van der Waals surface area (Å²) in [6, 6.07) is 13.7. The third kappa shape index (κ3) is 4.38. The van der Waals surface area contributed by atoms with E-state index in [0.717, 1.165) is 0 Å². The van der Waals surface area contributed by atoms with Crippen molar-refractivity contribution in [1.82, 2.24) is 15.1 Å². The third-order valence-corrected chi connectivity index (χ3v) is 6.39. The molecule has 1 aliphatic heterocycles. The molecule has 11 nitrogen and oxygen atoms in total. The molecule has 1 fully saturated rings. The molecule has 0 saturated carbocycles. The van der Waals surface area contributed by atoms with Crippen LogP contribution in [0.3, 0.4) is 0 Å². The molecule has 2 aromatic carbocycles. The summed E-state index contributed by atoms with van der Waals surface area (Å²) in [7, 11) is 0. The van der Waals surface area contributed by atoms with Gasteiger partial charge in [-0.2, -0.15) is 5.10 Å². The zero-order chi connectivity index (χ0) is 26.0. The molecule has 1 aromatic heterocycles. The lowest BCUT2D eigenvalue weighted by Crippen LogP contribution is -2.51. The van der Waals surface area contributed by atoms with Crippen LogP contribution in [0.15, 0.2) is 59.4 Å². The normalized spacial score (nSPS) is 17.4. The SMILES string of the molecule is CCC1(c2ccc(NC(=O)c3nn(-c4ccccc4[N+](=O)[O-])c(C)cc3=O)cc2)CCC(=O)NC1=O. The number of para-hydroxylation sites is 2. The van der Waals surface area contributed by atoms with Gasteiger partial charge in [-0.3, -0.25) is 34.6 Å². The first-order valence-electron chi connectivity index (χ1n) is 11.3. The van der Waals surface area contributed by atoms with Gasteiger partial charge in [0.25, 0.3) is 11.6 Å². The first-order valence-corrected chi connectivity index (χ1v) is 11.3. The van der Waals surface area contributed by atoms with Crippen molar-refractivity contribution in [3.05, 3.63) is 91.9 Å². The van der Waals surface area contributed by atoms with Crippen molar-refractivity contribution in [2.75, 3.05) is 5.32 Å². The largest absolute Gasteiger partial charge is 0.320 e. The average molecular weight is 489 g/mol. The van der Waals surface area contributed by atoms with Crippen molar-refractivity contribution >= 4 is 29.1 Å². The lowest BCUT2D eigenvalue weighted by molar-refractivity contribution is -0.384. The standard InChI is InChI=1S/C25H23N5O6/c1-3-25(13-12-21(32)27-24(25)34)16-8-10-17(11-9-16)26-23(33)22-20(31)14-15(2)29(28-22)18-6-4-5-7-19(18)30(35)36/h4-11,14H,3,12-13H2,1-2H3,(H,26,33)(H,27,32,34). The summed E-state index contributed by atoms with van der Waals surface area (Å²) >= 11 is 0. The molecule has 0 spiro atoms. The minimum absolute atomic E-state index is 0.118. The highest BCUT2D eigenvalue weighted by Gasteiger charge is 2.42. The predicted molar refractivity (Wildman–Crippen MR) is 130 cm³/mol. The maximum Gasteiger partial charge on any atom is 0.294 e. The van der Waals surface area contributed by atoms with Gasteiger partial charge >= 0.3 is 0 Å². The Kier molecular flexibility index (Phi) is 6.47. The lowest BCUT2D eigenvalue weighted by atomic mass is 9.72. The Balaban J connectivity index is 1.62. The van der Waals surface area contributed by atoms with Gasteiger partial charge in [-0.05, 0) is 43.5 Å². The number of aromatic nitrogens is 2. The fourth-order valence-electron chi connectivity index (χ4n) is 4.38. The Morgan fingerprint density at radius 1 is 1.17 bits per heavy atom. The number of nitro groups is 1. The van der Waals surface area contributed by atoms with Crippen LogP contribution >= 0.6 is 0 Å². The van der Waals surface area contributed by atoms with Gasteiger partial charge < -0.3 is 5.32 Å². The van der Waals surface area contributed by atoms with Gasteiger partial charge in [0.15, 0.2) is 5.69 Å². The van der Waals surface area contributed by atoms with E-state index in [1.165, 1.54) is 28.9 Å². The van der Waals surface area contributed by atoms with Gasteiger partial charge in [-0.15, -0.1) is 0 Å². The summed E-state index contributed by atoms with van der Waals surface area (Å²) in [5.41, 5.74) is -0.620. The maximum absolute atomic E-state index is 12.9. The number of benzene rings is 2. The number of nitrogens with zero attached hydrogens (tertiary/aromatic N) is 3. The van der Waals surface area contributed by atoms with Crippen molar-refractivity contribution in [3.63, 3.8) is 0 Å². The molecular formula is C25H23N5O6. The molecule has 3 aromatic rings. The van der Waals surface area contributed by atoms with E-state index < -0.39 is 27.4 Å². The van der Waals surface area contributed by atoms with Gasteiger partial charge in [0.1, 0.15) is 5.69 Å². The molecule has 2 heterocycles. The van der Waals surface area contributed by atoms with Crippen LogP contribution in [0.1, 0.15) is 47.9 Å². The van der Waals surface area contributed by atoms with Gasteiger partial charge in [0.2, 0.25) is 17.2 Å². The Hall–Kier alpha value is -4.67. The monoisotopic (exact) mass is 489 g/mol. The molecule has 1 saturated heterocycles. The Labute approximate surface area is 205 Å². The van der Waals surface area contributed by atoms with Crippen molar-refractivity contribution in [2.24, 2.45) is 0 Å². The second kappa shape index (κ2) is 9.53. The van der Waals surface area contributed by atoms with Crippen LogP contribution in [0.5, 0.6) is 0 Å². The summed E-state index contributed by atoms with van der Waals surface area (Å²) in [6.07, 6.45) is 1.12. The number of nitrogens with one attached hydrogen (secondary N) is 2. The quantitative estimate of drug-likeness (QED) is 0.307. The van der Waals surface area contributed by atoms with Crippen molar-refractivity contribution in [1.29, 1.82) is 0 Å². The Bertz CT molecular complexity index is 1450. The van der Waals surface area contributed by atoms with Crippen LogP contribution in [0.2, 0.25) is 0 Å². The summed E-state index contributed by atoms with van der Waals surface area (Å²) < 4.78 is 1.19. The van der Waals surface area contributed by atoms with Crippen molar-refractivity contribution in [3.8, 4) is 5.69 Å². The lowest BCUT2D eigenvalue weighted by Gasteiger charge is -2.35. The number of anilines is 1. The molecule has 0 radical (unpaired) electrons. The first-order chi connectivity index (χ1) is 17.2. The molecule has 0 bridgehead atoms. The minimum Gasteiger partial charge on any atom is -0.320 e. The van der Waals surface area contributed by atoms with Gasteiger partial charge in [0, 0.05) is 29.9 Å². The van der Waals surface area contributed by atoms with E-state index in [-0.39, 0.29) is 29.6 Å². The van der Waals surface area contributed by atoms with Gasteiger partial charge in [0.05, 0.1) is 10.3 Å². The fourth-order valence-corrected chi connectivity index (χ4v) is 4.38. The predicted octanol–water partition coefficient (Wildman–Crippen LogP) is 2.79. The molecule has 2 N–H and O–H groups in total. The number of hydrogen-bond donors (Lipinski definition) is 2. The van der Waals surface area contributed by atoms with Crippen LogP contribution in [0, 0.1) is 17.0 Å². The number of carbonyl (C=O) groups is 3. The summed E-state index contributed by atoms with van der Waals surface area (Å²) in [5, 5.41) is 20.6. The number of amides is 3. The van der Waals surface area contributed by atoms with E-state index in [2.05, 4.69) is 15.7 Å². The van der Waals surface area contributed by atoms with Gasteiger partial charge in [-0.25, -0.2) is 4.68 Å². The molecule has 1 aliphatic rings. The first kappa shape index (κ1) is 24.5. The van der Waals surface area contributed by atoms with E-state index in [1.54, 1.807) is 37.3 Å². The summed E-state index contributed by atoms with van der Waals surface area (Å²) in [5.74, 6) is -1.44. The van der Waals surface area contributed by atoms with Crippen LogP contribution in [-0.2, 0) is 15.0 Å². The number of piperidine rings is 1. The number of rotatable bonds is 6. The smallest absolute Gasteiger partial charge is 0.294 e. The number of aryl methyl sites for hydroxylation is 1. The summed E-state index contributed by atoms with van der Waals surface area (Å²) in [4.78, 5) is 60.5. The molecule has 1 unspecified atom stereocenters. The van der Waals surface area contributed by atoms with Gasteiger partial charge in [-0.1, -0.05) is 31.2 Å². The number of carbonyl (C=O) groups excluding carboxylic acids is 3. The van der Waals surface area contributed by atoms with Crippen LogP contribution in [-0.4, -0.2) is 32.4 Å². The molecule has 36 heavy (non-hydrogen) atoms. The maximum atomic E-state index is 12.9. The molecule has 184 valence electrons. The molecule has 0 aliphatic carbocycles. The van der Waals surface area contributed by atoms with E-state index in [4.69, 9.17) is 0 Å². The number of nitro benzene ring substituents is 1. The van der Waals surface area contributed by atoms with Crippen LogP contribution in [0.4, 0.5) is 11.4 Å². The second-order valence-corrected chi connectivity index (χ2v) is 8.50. The third-order valence-electron chi connectivity index (χ3n) is 6.39. The number of imide groups is 1. The Morgan fingerprint density at radius 2 is 1.86 bits per heavy atom. The van der Waals surface area contributed by atoms with Crippen LogP contribution in [0.25, 0.3) is 5.69 Å². The highest BCUT2D eigenvalue weighted by atomic mass is 16.6. The highest BCUT2D eigenvalue weighted by molar-refractivity contribution is 6.04. The van der Waals surface area contributed by atoms with E-state index in [1.807, 2.05) is 6.92 Å².